The van der Waals surface area contributed by atoms with Gasteiger partial charge in [0.1, 0.15) is 5.82 Å². The van der Waals surface area contributed by atoms with Gasteiger partial charge in [0.15, 0.2) is 0 Å². The molecule has 0 saturated carbocycles. The van der Waals surface area contributed by atoms with Crippen LogP contribution in [0.25, 0.3) is 0 Å². The molecule has 2 rings (SSSR count). The minimum atomic E-state index is 0.0394. The van der Waals surface area contributed by atoms with Gasteiger partial charge in [0.2, 0.25) is 5.91 Å². The van der Waals surface area contributed by atoms with Crippen LogP contribution in [-0.4, -0.2) is 61.7 Å². The number of rotatable bonds is 3. The molecule has 1 unspecified atom stereocenters. The van der Waals surface area contributed by atoms with Crippen molar-refractivity contribution in [2.24, 2.45) is 10.9 Å². The molecular weight excluding hydrogens is 228 g/mol. The fourth-order valence-electron chi connectivity index (χ4n) is 2.09. The summed E-state index contributed by atoms with van der Waals surface area (Å²) in [7, 11) is 2.11. The Morgan fingerprint density at radius 3 is 2.78 bits per heavy atom. The van der Waals surface area contributed by atoms with Gasteiger partial charge in [0.05, 0.1) is 6.54 Å². The first-order chi connectivity index (χ1) is 8.63. The fourth-order valence-corrected chi connectivity index (χ4v) is 2.09. The van der Waals surface area contributed by atoms with Gasteiger partial charge in [-0.05, 0) is 25.5 Å². The molecule has 0 spiro atoms. The van der Waals surface area contributed by atoms with Crippen molar-refractivity contribution in [2.45, 2.75) is 13.3 Å². The Labute approximate surface area is 109 Å². The molecule has 1 saturated heterocycles. The SMILES string of the molecule is CC1C=NC(NC(=O)CN2CCN(C)CC2)=CC1. The van der Waals surface area contributed by atoms with Crippen LogP contribution in [0.1, 0.15) is 13.3 Å². The largest absolute Gasteiger partial charge is 0.310 e. The predicted octanol–water partition coefficient (Wildman–Crippen LogP) is 0.302. The molecule has 0 aromatic rings. The molecule has 0 aliphatic carbocycles. The van der Waals surface area contributed by atoms with E-state index in [0.717, 1.165) is 32.6 Å². The number of hydrogen-bond acceptors (Lipinski definition) is 4. The minimum Gasteiger partial charge on any atom is -0.310 e. The Morgan fingerprint density at radius 1 is 1.44 bits per heavy atom. The van der Waals surface area contributed by atoms with Gasteiger partial charge in [-0.3, -0.25) is 9.69 Å². The first-order valence-corrected chi connectivity index (χ1v) is 6.58. The van der Waals surface area contributed by atoms with E-state index in [1.54, 1.807) is 0 Å². The van der Waals surface area contributed by atoms with Gasteiger partial charge in [0, 0.05) is 32.4 Å². The van der Waals surface area contributed by atoms with Crippen LogP contribution in [0, 0.1) is 5.92 Å². The van der Waals surface area contributed by atoms with Gasteiger partial charge in [0.25, 0.3) is 0 Å². The van der Waals surface area contributed by atoms with Crippen molar-refractivity contribution in [2.75, 3.05) is 39.8 Å². The maximum Gasteiger partial charge on any atom is 0.239 e. The molecule has 100 valence electrons. The zero-order valence-electron chi connectivity index (χ0n) is 11.2. The summed E-state index contributed by atoms with van der Waals surface area (Å²) in [5, 5.41) is 2.87. The summed E-state index contributed by atoms with van der Waals surface area (Å²) in [6, 6.07) is 0. The smallest absolute Gasteiger partial charge is 0.239 e. The van der Waals surface area contributed by atoms with E-state index in [0.29, 0.717) is 18.3 Å². The lowest BCUT2D eigenvalue weighted by Gasteiger charge is -2.31. The summed E-state index contributed by atoms with van der Waals surface area (Å²) in [6.07, 6.45) is 4.84. The monoisotopic (exact) mass is 250 g/mol. The molecular formula is C13H22N4O. The van der Waals surface area contributed by atoms with Gasteiger partial charge in [-0.15, -0.1) is 0 Å². The molecule has 2 heterocycles. The van der Waals surface area contributed by atoms with E-state index in [4.69, 9.17) is 0 Å². The molecule has 5 heteroatoms. The average Bonchev–Trinajstić information content (AvgIpc) is 2.35. The van der Waals surface area contributed by atoms with Gasteiger partial charge < -0.3 is 10.2 Å². The standard InChI is InChI=1S/C13H22N4O/c1-11-3-4-12(14-9-11)15-13(18)10-17-7-5-16(2)6-8-17/h4,9,11H,3,5-8,10H2,1-2H3,(H,15,18). The number of likely N-dealkylation sites (N-methyl/N-ethyl adjacent to an activating group) is 1. The summed E-state index contributed by atoms with van der Waals surface area (Å²) in [6.45, 7) is 6.57. The number of hydrogen-bond donors (Lipinski definition) is 1. The maximum absolute atomic E-state index is 11.9. The van der Waals surface area contributed by atoms with E-state index in [1.165, 1.54) is 0 Å². The van der Waals surface area contributed by atoms with Crippen LogP contribution in [0.4, 0.5) is 0 Å². The van der Waals surface area contributed by atoms with E-state index in [-0.39, 0.29) is 5.91 Å². The molecule has 1 N–H and O–H groups in total. The summed E-state index contributed by atoms with van der Waals surface area (Å²) in [4.78, 5) is 20.6. The minimum absolute atomic E-state index is 0.0394. The Balaban J connectivity index is 1.74. The molecule has 0 radical (unpaired) electrons. The molecule has 1 amide bonds. The average molecular weight is 250 g/mol. The van der Waals surface area contributed by atoms with Crippen molar-refractivity contribution >= 4 is 12.1 Å². The van der Waals surface area contributed by atoms with E-state index < -0.39 is 0 Å². The lowest BCUT2D eigenvalue weighted by atomic mass is 10.1. The highest BCUT2D eigenvalue weighted by molar-refractivity contribution is 5.80. The highest BCUT2D eigenvalue weighted by Crippen LogP contribution is 2.09. The van der Waals surface area contributed by atoms with Crippen molar-refractivity contribution in [1.82, 2.24) is 15.1 Å². The number of aliphatic imine (C=N–C) groups is 1. The molecule has 1 fully saturated rings. The third-order valence-electron chi connectivity index (χ3n) is 3.38. The number of carbonyl (C=O) groups excluding carboxylic acids is 1. The Hall–Kier alpha value is -1.20. The van der Waals surface area contributed by atoms with Crippen molar-refractivity contribution in [3.63, 3.8) is 0 Å². The molecule has 18 heavy (non-hydrogen) atoms. The predicted molar refractivity (Wildman–Crippen MR) is 72.4 cm³/mol. The van der Waals surface area contributed by atoms with E-state index in [2.05, 4.69) is 34.1 Å². The van der Waals surface area contributed by atoms with E-state index in [9.17, 15) is 4.79 Å². The normalized spacial score (nSPS) is 25.9. The second-order valence-electron chi connectivity index (χ2n) is 5.21. The molecule has 0 bridgehead atoms. The first-order valence-electron chi connectivity index (χ1n) is 6.58. The summed E-state index contributed by atoms with van der Waals surface area (Å²) in [5.41, 5.74) is 0. The van der Waals surface area contributed by atoms with Gasteiger partial charge >= 0.3 is 0 Å². The number of amides is 1. The van der Waals surface area contributed by atoms with Crippen LogP contribution in [0.5, 0.6) is 0 Å². The number of allylic oxidation sites excluding steroid dienone is 1. The zero-order valence-corrected chi connectivity index (χ0v) is 11.2. The highest BCUT2D eigenvalue weighted by atomic mass is 16.2. The quantitative estimate of drug-likeness (QED) is 0.784. The number of carbonyl (C=O) groups is 1. The molecule has 2 aliphatic rings. The number of piperazine rings is 1. The molecule has 0 aromatic carbocycles. The topological polar surface area (TPSA) is 47.9 Å². The second kappa shape index (κ2) is 6.11. The lowest BCUT2D eigenvalue weighted by molar-refractivity contribution is -0.121. The van der Waals surface area contributed by atoms with Crippen molar-refractivity contribution in [3.05, 3.63) is 11.9 Å². The molecule has 5 nitrogen and oxygen atoms in total. The summed E-state index contributed by atoms with van der Waals surface area (Å²) in [5.74, 6) is 1.22. The fraction of sp³-hybridized carbons (Fsp3) is 0.692. The van der Waals surface area contributed by atoms with Crippen LogP contribution in [0.2, 0.25) is 0 Å². The van der Waals surface area contributed by atoms with Crippen molar-refractivity contribution in [1.29, 1.82) is 0 Å². The summed E-state index contributed by atoms with van der Waals surface area (Å²) < 4.78 is 0. The summed E-state index contributed by atoms with van der Waals surface area (Å²) >= 11 is 0. The van der Waals surface area contributed by atoms with E-state index in [1.807, 2.05) is 12.3 Å². The lowest BCUT2D eigenvalue weighted by Crippen LogP contribution is -2.48. The highest BCUT2D eigenvalue weighted by Gasteiger charge is 2.17. The van der Waals surface area contributed by atoms with Crippen molar-refractivity contribution < 1.29 is 4.79 Å². The Morgan fingerprint density at radius 2 is 2.17 bits per heavy atom. The second-order valence-corrected chi connectivity index (χ2v) is 5.21. The van der Waals surface area contributed by atoms with Gasteiger partial charge in [-0.25, -0.2) is 4.99 Å². The van der Waals surface area contributed by atoms with Crippen LogP contribution in [-0.2, 0) is 4.79 Å². The number of nitrogens with zero attached hydrogens (tertiary/aromatic N) is 3. The molecule has 1 atom stereocenters. The number of nitrogens with one attached hydrogen (secondary N) is 1. The Kier molecular flexibility index (Phi) is 4.49. The zero-order chi connectivity index (χ0) is 13.0. The van der Waals surface area contributed by atoms with Crippen LogP contribution in [0.15, 0.2) is 16.9 Å². The van der Waals surface area contributed by atoms with Crippen LogP contribution < -0.4 is 5.32 Å². The van der Waals surface area contributed by atoms with E-state index >= 15 is 0 Å². The van der Waals surface area contributed by atoms with Crippen molar-refractivity contribution in [3.8, 4) is 0 Å². The van der Waals surface area contributed by atoms with Gasteiger partial charge in [-0.2, -0.15) is 0 Å². The molecule has 0 aromatic heterocycles. The van der Waals surface area contributed by atoms with Crippen LogP contribution in [0.3, 0.4) is 0 Å². The van der Waals surface area contributed by atoms with Crippen LogP contribution >= 0.6 is 0 Å². The first kappa shape index (κ1) is 13.2. The third kappa shape index (κ3) is 3.92. The van der Waals surface area contributed by atoms with Gasteiger partial charge in [-0.1, -0.05) is 6.92 Å². The molecule has 2 aliphatic heterocycles. The maximum atomic E-state index is 11.9. The Bertz CT molecular complexity index is 356. The third-order valence-corrected chi connectivity index (χ3v) is 3.38.